The lowest BCUT2D eigenvalue weighted by atomic mass is 10.0. The third-order valence-corrected chi connectivity index (χ3v) is 2.81. The second kappa shape index (κ2) is 4.82. The summed E-state index contributed by atoms with van der Waals surface area (Å²) in [6.07, 6.45) is 0. The fourth-order valence-corrected chi connectivity index (χ4v) is 1.63. The van der Waals surface area contributed by atoms with Gasteiger partial charge in [-0.2, -0.15) is 0 Å². The summed E-state index contributed by atoms with van der Waals surface area (Å²) in [6, 6.07) is 9.12. The summed E-state index contributed by atoms with van der Waals surface area (Å²) < 4.78 is 26.5. The molecular weight excluding hydrogens is 246 g/mol. The molecule has 2 rings (SSSR count). The van der Waals surface area contributed by atoms with Crippen molar-refractivity contribution in [2.75, 3.05) is 0 Å². The molecule has 0 unspecified atom stereocenters. The van der Waals surface area contributed by atoms with Gasteiger partial charge in [0.2, 0.25) is 0 Å². The van der Waals surface area contributed by atoms with Crippen molar-refractivity contribution in [3.8, 4) is 11.1 Å². The van der Waals surface area contributed by atoms with Crippen LogP contribution in [0, 0.1) is 11.6 Å². The molecule has 1 nitrogen and oxygen atoms in total. The van der Waals surface area contributed by atoms with Gasteiger partial charge >= 0.3 is 0 Å². The van der Waals surface area contributed by atoms with E-state index in [9.17, 15) is 8.78 Å². The number of benzene rings is 2. The molecule has 4 heteroatoms. The zero-order chi connectivity index (χ0) is 12.4. The van der Waals surface area contributed by atoms with Crippen molar-refractivity contribution in [1.82, 2.24) is 0 Å². The van der Waals surface area contributed by atoms with Gasteiger partial charge in [0.05, 0.1) is 6.61 Å². The molecule has 2 aromatic carbocycles. The van der Waals surface area contributed by atoms with Crippen molar-refractivity contribution in [1.29, 1.82) is 0 Å². The number of halogens is 3. The predicted octanol–water partition coefficient (Wildman–Crippen LogP) is 3.78. The zero-order valence-electron chi connectivity index (χ0n) is 8.75. The molecule has 0 radical (unpaired) electrons. The summed E-state index contributed by atoms with van der Waals surface area (Å²) in [7, 11) is 0. The van der Waals surface area contributed by atoms with Crippen LogP contribution in [0.5, 0.6) is 0 Å². The maximum atomic E-state index is 13.3. The lowest BCUT2D eigenvalue weighted by molar-refractivity contribution is 0.282. The lowest BCUT2D eigenvalue weighted by Crippen LogP contribution is -1.88. The first-order valence-corrected chi connectivity index (χ1v) is 5.34. The van der Waals surface area contributed by atoms with Gasteiger partial charge in [0, 0.05) is 0 Å². The maximum absolute atomic E-state index is 13.3. The number of aliphatic hydroxyl groups is 1. The topological polar surface area (TPSA) is 20.2 Å². The molecule has 0 spiro atoms. The zero-order valence-corrected chi connectivity index (χ0v) is 9.51. The van der Waals surface area contributed by atoms with Crippen molar-refractivity contribution in [3.63, 3.8) is 0 Å². The van der Waals surface area contributed by atoms with E-state index in [2.05, 4.69) is 0 Å². The smallest absolute Gasteiger partial charge is 0.145 e. The van der Waals surface area contributed by atoms with Crippen LogP contribution in [0.25, 0.3) is 11.1 Å². The minimum atomic E-state index is -0.784. The average molecular weight is 255 g/mol. The number of aliphatic hydroxyl groups excluding tert-OH is 1. The first kappa shape index (κ1) is 12.0. The second-order valence-corrected chi connectivity index (χ2v) is 3.99. The van der Waals surface area contributed by atoms with Crippen LogP contribution < -0.4 is 0 Å². The summed E-state index contributed by atoms with van der Waals surface area (Å²) in [6.45, 7) is -0.0659. The Bertz CT molecular complexity index is 515. The van der Waals surface area contributed by atoms with Crippen LogP contribution in [0.1, 0.15) is 5.56 Å². The van der Waals surface area contributed by atoms with Gasteiger partial charge in [-0.25, -0.2) is 8.78 Å². The molecule has 0 bridgehead atoms. The predicted molar refractivity (Wildman–Crippen MR) is 62.7 cm³/mol. The van der Waals surface area contributed by atoms with E-state index in [0.29, 0.717) is 11.1 Å². The minimum absolute atomic E-state index is 0.0659. The monoisotopic (exact) mass is 254 g/mol. The molecule has 0 saturated heterocycles. The van der Waals surface area contributed by atoms with E-state index in [4.69, 9.17) is 16.7 Å². The maximum Gasteiger partial charge on any atom is 0.145 e. The first-order valence-electron chi connectivity index (χ1n) is 4.96. The number of hydrogen-bond acceptors (Lipinski definition) is 1. The molecule has 0 amide bonds. The van der Waals surface area contributed by atoms with Crippen molar-refractivity contribution in [2.24, 2.45) is 0 Å². The molecule has 0 fully saturated rings. The van der Waals surface area contributed by atoms with Crippen LogP contribution in [0.3, 0.4) is 0 Å². The Labute approximate surface area is 102 Å². The highest BCUT2D eigenvalue weighted by Crippen LogP contribution is 2.27. The van der Waals surface area contributed by atoms with Crippen molar-refractivity contribution in [2.45, 2.75) is 6.61 Å². The molecule has 0 atom stereocenters. The van der Waals surface area contributed by atoms with Gasteiger partial charge in [0.15, 0.2) is 0 Å². The van der Waals surface area contributed by atoms with Gasteiger partial charge in [-0.3, -0.25) is 0 Å². The summed E-state index contributed by atoms with van der Waals surface area (Å²) >= 11 is 5.40. The second-order valence-electron chi connectivity index (χ2n) is 3.61. The van der Waals surface area contributed by atoms with Gasteiger partial charge in [0.25, 0.3) is 0 Å². The van der Waals surface area contributed by atoms with E-state index < -0.39 is 16.7 Å². The Morgan fingerprint density at radius 2 is 1.47 bits per heavy atom. The summed E-state index contributed by atoms with van der Waals surface area (Å²) in [5.74, 6) is -1.57. The van der Waals surface area contributed by atoms with E-state index in [1.165, 1.54) is 12.1 Å². The van der Waals surface area contributed by atoms with Crippen LogP contribution in [0.4, 0.5) is 8.78 Å². The highest BCUT2D eigenvalue weighted by molar-refractivity contribution is 6.31. The van der Waals surface area contributed by atoms with E-state index >= 15 is 0 Å². The Morgan fingerprint density at radius 1 is 0.941 bits per heavy atom. The summed E-state index contributed by atoms with van der Waals surface area (Å²) in [5.41, 5.74) is 1.81. The highest BCUT2D eigenvalue weighted by Gasteiger charge is 2.09. The van der Waals surface area contributed by atoms with Crippen molar-refractivity contribution < 1.29 is 13.9 Å². The first-order chi connectivity index (χ1) is 8.11. The van der Waals surface area contributed by atoms with Crippen LogP contribution in [-0.4, -0.2) is 5.11 Å². The van der Waals surface area contributed by atoms with Gasteiger partial charge < -0.3 is 5.11 Å². The quantitative estimate of drug-likeness (QED) is 0.809. The number of rotatable bonds is 2. The molecule has 0 aromatic heterocycles. The Hall–Kier alpha value is -1.45. The third-order valence-electron chi connectivity index (χ3n) is 2.45. The van der Waals surface area contributed by atoms with Gasteiger partial charge in [-0.05, 0) is 28.8 Å². The molecular formula is C13H9ClF2O. The van der Waals surface area contributed by atoms with Crippen LogP contribution in [0.2, 0.25) is 5.02 Å². The van der Waals surface area contributed by atoms with Crippen molar-refractivity contribution >= 4 is 11.6 Å². The van der Waals surface area contributed by atoms with Crippen molar-refractivity contribution in [3.05, 3.63) is 58.6 Å². The molecule has 0 heterocycles. The molecule has 0 saturated carbocycles. The normalized spacial score (nSPS) is 10.6. The summed E-state index contributed by atoms with van der Waals surface area (Å²) in [5, 5.41) is 8.39. The number of hydrogen-bond donors (Lipinski definition) is 1. The van der Waals surface area contributed by atoms with E-state index in [0.717, 1.165) is 5.56 Å². The third kappa shape index (κ3) is 2.46. The van der Waals surface area contributed by atoms with Gasteiger partial charge in [0.1, 0.15) is 16.7 Å². The van der Waals surface area contributed by atoms with E-state index in [-0.39, 0.29) is 6.61 Å². The fraction of sp³-hybridized carbons (Fsp3) is 0.0769. The van der Waals surface area contributed by atoms with Crippen LogP contribution in [0.15, 0.2) is 36.4 Å². The minimum Gasteiger partial charge on any atom is -0.392 e. The fourth-order valence-electron chi connectivity index (χ4n) is 1.52. The van der Waals surface area contributed by atoms with Gasteiger partial charge in [-0.1, -0.05) is 35.9 Å². The van der Waals surface area contributed by atoms with E-state index in [1.807, 2.05) is 0 Å². The summed E-state index contributed by atoms with van der Waals surface area (Å²) in [4.78, 5) is 0. The van der Waals surface area contributed by atoms with Crippen LogP contribution >= 0.6 is 11.6 Å². The van der Waals surface area contributed by atoms with Crippen LogP contribution in [-0.2, 0) is 6.61 Å². The molecule has 88 valence electrons. The lowest BCUT2D eigenvalue weighted by Gasteiger charge is -2.05. The SMILES string of the molecule is OCc1ccc(-c2cc(F)c(Cl)c(F)c2)cc1. The molecule has 17 heavy (non-hydrogen) atoms. The average Bonchev–Trinajstić information content (AvgIpc) is 2.35. The molecule has 0 aliphatic heterocycles. The Morgan fingerprint density at radius 3 is 1.94 bits per heavy atom. The Balaban J connectivity index is 2.45. The molecule has 0 aliphatic carbocycles. The molecule has 2 aromatic rings. The molecule has 0 aliphatic rings. The van der Waals surface area contributed by atoms with Gasteiger partial charge in [-0.15, -0.1) is 0 Å². The highest BCUT2D eigenvalue weighted by atomic mass is 35.5. The Kier molecular flexibility index (Phi) is 3.41. The molecule has 1 N–H and O–H groups in total. The standard InChI is InChI=1S/C13H9ClF2O/c14-13-11(15)5-10(6-12(13)16)9-3-1-8(7-17)2-4-9/h1-6,17H,7H2. The largest absolute Gasteiger partial charge is 0.392 e. The van der Waals surface area contributed by atoms with E-state index in [1.54, 1.807) is 24.3 Å².